The van der Waals surface area contributed by atoms with Gasteiger partial charge in [0.05, 0.1) is 5.02 Å². The smallest absolute Gasteiger partial charge is 0.231 e. The molecule has 0 aliphatic carbocycles. The highest BCUT2D eigenvalue weighted by Crippen LogP contribution is 2.40. The number of halogens is 1. The number of piperidine rings is 1. The van der Waals surface area contributed by atoms with E-state index in [0.29, 0.717) is 22.6 Å². The Kier molecular flexibility index (Phi) is 3.87. The van der Waals surface area contributed by atoms with E-state index in [-0.39, 0.29) is 6.79 Å². The normalized spacial score (nSPS) is 20.9. The van der Waals surface area contributed by atoms with Crippen LogP contribution in [0, 0.1) is 6.92 Å². The van der Waals surface area contributed by atoms with Crippen molar-refractivity contribution >= 4 is 11.6 Å². The number of rotatable bonds is 3. The molecule has 0 spiro atoms. The maximum Gasteiger partial charge on any atom is 0.231 e. The van der Waals surface area contributed by atoms with E-state index in [1.807, 2.05) is 19.1 Å². The van der Waals surface area contributed by atoms with Gasteiger partial charge in [-0.2, -0.15) is 4.98 Å². The fourth-order valence-electron chi connectivity index (χ4n) is 3.26. The first kappa shape index (κ1) is 14.8. The Bertz CT molecular complexity index is 719. The molecule has 6 nitrogen and oxygen atoms in total. The monoisotopic (exact) mass is 335 g/mol. The first-order valence-corrected chi connectivity index (χ1v) is 8.17. The maximum absolute atomic E-state index is 6.26. The fraction of sp³-hybridized carbons (Fsp3) is 0.500. The quantitative estimate of drug-likeness (QED) is 0.858. The highest BCUT2D eigenvalue weighted by molar-refractivity contribution is 6.32. The second kappa shape index (κ2) is 6.02. The van der Waals surface area contributed by atoms with Crippen molar-refractivity contribution in [3.63, 3.8) is 0 Å². The molecule has 1 fully saturated rings. The van der Waals surface area contributed by atoms with Crippen molar-refractivity contribution in [1.29, 1.82) is 0 Å². The summed E-state index contributed by atoms with van der Waals surface area (Å²) < 4.78 is 15.9. The zero-order valence-electron chi connectivity index (χ0n) is 12.9. The lowest BCUT2D eigenvalue weighted by molar-refractivity contribution is 0.173. The molecule has 0 bridgehead atoms. The summed E-state index contributed by atoms with van der Waals surface area (Å²) in [5.41, 5.74) is 1.13. The zero-order chi connectivity index (χ0) is 15.8. The molecule has 1 saturated heterocycles. The van der Waals surface area contributed by atoms with Crippen LogP contribution >= 0.6 is 11.6 Å². The number of hydrogen-bond acceptors (Lipinski definition) is 6. The average molecular weight is 336 g/mol. The summed E-state index contributed by atoms with van der Waals surface area (Å²) in [6, 6.07) is 3.97. The Balaban J connectivity index is 1.47. The number of fused-ring (bicyclic) bond motifs is 1. The Morgan fingerprint density at radius 2 is 2.26 bits per heavy atom. The van der Waals surface area contributed by atoms with Crippen molar-refractivity contribution in [2.75, 3.05) is 19.9 Å². The van der Waals surface area contributed by atoms with E-state index in [0.717, 1.165) is 49.6 Å². The summed E-state index contributed by atoms with van der Waals surface area (Å²) >= 11 is 6.26. The van der Waals surface area contributed by atoms with Crippen molar-refractivity contribution in [2.24, 2.45) is 0 Å². The number of aryl methyl sites for hydroxylation is 1. The molecule has 0 saturated carbocycles. The van der Waals surface area contributed by atoms with Crippen molar-refractivity contribution in [3.8, 4) is 11.5 Å². The number of aromatic nitrogens is 2. The van der Waals surface area contributed by atoms with Crippen molar-refractivity contribution in [1.82, 2.24) is 15.0 Å². The highest BCUT2D eigenvalue weighted by Gasteiger charge is 2.26. The number of hydrogen-bond donors (Lipinski definition) is 0. The molecule has 1 atom stereocenters. The van der Waals surface area contributed by atoms with E-state index >= 15 is 0 Å². The third-order valence-electron chi connectivity index (χ3n) is 4.31. The summed E-state index contributed by atoms with van der Waals surface area (Å²) in [7, 11) is 0. The van der Waals surface area contributed by atoms with Crippen molar-refractivity contribution < 1.29 is 14.0 Å². The number of likely N-dealkylation sites (tertiary alicyclic amines) is 1. The SMILES string of the molecule is Cc1nc(C2CCCN(Cc3cc(Cl)c4c(c3)OCO4)C2)no1. The Morgan fingerprint density at radius 3 is 3.09 bits per heavy atom. The van der Waals surface area contributed by atoms with Gasteiger partial charge in [-0.3, -0.25) is 4.90 Å². The van der Waals surface area contributed by atoms with E-state index in [2.05, 4.69) is 15.0 Å². The van der Waals surface area contributed by atoms with Crippen LogP contribution in [0.1, 0.15) is 36.0 Å². The minimum absolute atomic E-state index is 0.238. The third kappa shape index (κ3) is 3.01. The number of ether oxygens (including phenoxy) is 2. The number of nitrogens with zero attached hydrogens (tertiary/aromatic N) is 3. The molecule has 2 aromatic rings. The Labute approximate surface area is 139 Å². The molecule has 1 unspecified atom stereocenters. The van der Waals surface area contributed by atoms with E-state index in [9.17, 15) is 0 Å². The summed E-state index contributed by atoms with van der Waals surface area (Å²) in [5.74, 6) is 3.14. The average Bonchev–Trinajstić information content (AvgIpc) is 3.16. The summed E-state index contributed by atoms with van der Waals surface area (Å²) in [5, 5.41) is 4.68. The second-order valence-electron chi connectivity index (χ2n) is 6.06. The van der Waals surface area contributed by atoms with Gasteiger partial charge in [-0.25, -0.2) is 0 Å². The standard InChI is InChI=1S/C16H18ClN3O3/c1-10-18-16(19-23-10)12-3-2-4-20(8-12)7-11-5-13(17)15-14(6-11)21-9-22-15/h5-6,12H,2-4,7-9H2,1H3. The first-order chi connectivity index (χ1) is 11.2. The Hall–Kier alpha value is -1.79. The summed E-state index contributed by atoms with van der Waals surface area (Å²) in [6.07, 6.45) is 2.22. The van der Waals surface area contributed by atoms with Crippen molar-refractivity contribution in [3.05, 3.63) is 34.4 Å². The molecular formula is C16H18ClN3O3. The van der Waals surface area contributed by atoms with Crippen LogP contribution in [0.3, 0.4) is 0 Å². The minimum Gasteiger partial charge on any atom is -0.454 e. The third-order valence-corrected chi connectivity index (χ3v) is 4.59. The molecule has 0 N–H and O–H groups in total. The molecule has 2 aliphatic rings. The predicted molar refractivity (Wildman–Crippen MR) is 83.9 cm³/mol. The number of benzene rings is 1. The largest absolute Gasteiger partial charge is 0.454 e. The first-order valence-electron chi connectivity index (χ1n) is 7.79. The molecular weight excluding hydrogens is 318 g/mol. The van der Waals surface area contributed by atoms with Crippen LogP contribution in [-0.4, -0.2) is 34.9 Å². The van der Waals surface area contributed by atoms with Crippen LogP contribution in [-0.2, 0) is 6.54 Å². The molecule has 3 heterocycles. The lowest BCUT2D eigenvalue weighted by atomic mass is 9.97. The van der Waals surface area contributed by atoms with Gasteiger partial charge < -0.3 is 14.0 Å². The van der Waals surface area contributed by atoms with E-state index in [1.165, 1.54) is 0 Å². The molecule has 0 amide bonds. The van der Waals surface area contributed by atoms with E-state index in [4.69, 9.17) is 25.6 Å². The maximum atomic E-state index is 6.26. The molecule has 23 heavy (non-hydrogen) atoms. The van der Waals surface area contributed by atoms with Gasteiger partial charge in [0.15, 0.2) is 17.3 Å². The predicted octanol–water partition coefficient (Wildman–Crippen LogP) is 3.14. The molecule has 122 valence electrons. The molecule has 2 aliphatic heterocycles. The van der Waals surface area contributed by atoms with Crippen LogP contribution in [0.25, 0.3) is 0 Å². The molecule has 4 rings (SSSR count). The second-order valence-corrected chi connectivity index (χ2v) is 6.46. The van der Waals surface area contributed by atoms with Gasteiger partial charge in [0.1, 0.15) is 0 Å². The Morgan fingerprint density at radius 1 is 1.35 bits per heavy atom. The van der Waals surface area contributed by atoms with Gasteiger partial charge in [0.2, 0.25) is 12.7 Å². The lowest BCUT2D eigenvalue weighted by Gasteiger charge is -2.31. The van der Waals surface area contributed by atoms with Crippen molar-refractivity contribution in [2.45, 2.75) is 32.2 Å². The summed E-state index contributed by atoms with van der Waals surface area (Å²) in [4.78, 5) is 6.77. The van der Waals surface area contributed by atoms with Crippen LogP contribution in [0.15, 0.2) is 16.7 Å². The molecule has 0 radical (unpaired) electrons. The lowest BCUT2D eigenvalue weighted by Crippen LogP contribution is -2.34. The summed E-state index contributed by atoms with van der Waals surface area (Å²) in [6.45, 7) is 4.86. The van der Waals surface area contributed by atoms with Gasteiger partial charge >= 0.3 is 0 Å². The fourth-order valence-corrected chi connectivity index (χ4v) is 3.55. The van der Waals surface area contributed by atoms with Crippen LogP contribution in [0.2, 0.25) is 5.02 Å². The molecule has 1 aromatic heterocycles. The van der Waals surface area contributed by atoms with Gasteiger partial charge in [0, 0.05) is 25.9 Å². The molecule has 1 aromatic carbocycles. The minimum atomic E-state index is 0.238. The van der Waals surface area contributed by atoms with E-state index < -0.39 is 0 Å². The zero-order valence-corrected chi connectivity index (χ0v) is 13.7. The van der Waals surface area contributed by atoms with Gasteiger partial charge in [-0.05, 0) is 37.1 Å². The molecule has 7 heteroatoms. The highest BCUT2D eigenvalue weighted by atomic mass is 35.5. The topological polar surface area (TPSA) is 60.6 Å². The van der Waals surface area contributed by atoms with Gasteiger partial charge in [0.25, 0.3) is 0 Å². The van der Waals surface area contributed by atoms with Crippen LogP contribution in [0.5, 0.6) is 11.5 Å². The van der Waals surface area contributed by atoms with Gasteiger partial charge in [-0.1, -0.05) is 16.8 Å². The van der Waals surface area contributed by atoms with E-state index in [1.54, 1.807) is 0 Å². The van der Waals surface area contributed by atoms with Gasteiger partial charge in [-0.15, -0.1) is 0 Å². The van der Waals surface area contributed by atoms with Crippen LogP contribution in [0.4, 0.5) is 0 Å². The van der Waals surface area contributed by atoms with Crippen LogP contribution < -0.4 is 9.47 Å².